The normalized spacial score (nSPS) is 23.7. The number of carbonyl (C=O) groups excluding carboxylic acids is 1. The number of benzene rings is 2. The molecule has 1 N–H and O–H groups in total. The quantitative estimate of drug-likeness (QED) is 0.904. The highest BCUT2D eigenvalue weighted by Gasteiger charge is 2.31. The zero-order valence-corrected chi connectivity index (χ0v) is 14.4. The predicted molar refractivity (Wildman–Crippen MR) is 96.0 cm³/mol. The number of amides is 1. The lowest BCUT2D eigenvalue weighted by Gasteiger charge is -2.36. The Balaban J connectivity index is 1.74. The minimum atomic E-state index is 0.000821. The molecule has 0 aliphatic carbocycles. The Morgan fingerprint density at radius 1 is 1.08 bits per heavy atom. The number of rotatable bonds is 4. The van der Waals surface area contributed by atoms with Gasteiger partial charge in [-0.25, -0.2) is 0 Å². The summed E-state index contributed by atoms with van der Waals surface area (Å²) >= 11 is 0. The number of ether oxygens (including phenoxy) is 1. The first kappa shape index (κ1) is 16.7. The van der Waals surface area contributed by atoms with E-state index in [1.54, 1.807) is 0 Å². The Bertz CT molecular complexity index is 683. The maximum atomic E-state index is 12.5. The maximum Gasteiger partial charge on any atom is 0.251 e. The van der Waals surface area contributed by atoms with Crippen LogP contribution in [-0.4, -0.2) is 18.1 Å². The van der Waals surface area contributed by atoms with Crippen molar-refractivity contribution >= 4 is 5.91 Å². The van der Waals surface area contributed by atoms with E-state index in [0.29, 0.717) is 5.56 Å². The molecule has 24 heavy (non-hydrogen) atoms. The third-order valence-corrected chi connectivity index (χ3v) is 4.76. The van der Waals surface area contributed by atoms with Crippen LogP contribution in [0.5, 0.6) is 0 Å². The number of carbonyl (C=O) groups is 1. The van der Waals surface area contributed by atoms with Crippen LogP contribution < -0.4 is 5.32 Å². The fraction of sp³-hybridized carbons (Fsp3) is 0.381. The van der Waals surface area contributed by atoms with Crippen LogP contribution in [0, 0.1) is 6.92 Å². The molecule has 126 valence electrons. The van der Waals surface area contributed by atoms with Crippen LogP contribution in [0.2, 0.25) is 0 Å². The second-order valence-electron chi connectivity index (χ2n) is 6.52. The zero-order valence-electron chi connectivity index (χ0n) is 14.4. The summed E-state index contributed by atoms with van der Waals surface area (Å²) in [6.45, 7) is 4.26. The molecule has 3 nitrogen and oxygen atoms in total. The summed E-state index contributed by atoms with van der Waals surface area (Å²) < 4.78 is 6.27. The van der Waals surface area contributed by atoms with E-state index >= 15 is 0 Å². The molecule has 1 saturated heterocycles. The second-order valence-corrected chi connectivity index (χ2v) is 6.52. The summed E-state index contributed by atoms with van der Waals surface area (Å²) in [6, 6.07) is 17.9. The van der Waals surface area contributed by atoms with Gasteiger partial charge in [0, 0.05) is 11.6 Å². The van der Waals surface area contributed by atoms with Crippen molar-refractivity contribution in [2.75, 3.05) is 0 Å². The average molecular weight is 323 g/mol. The van der Waals surface area contributed by atoms with Gasteiger partial charge < -0.3 is 10.1 Å². The lowest BCUT2D eigenvalue weighted by atomic mass is 9.91. The summed E-state index contributed by atoms with van der Waals surface area (Å²) in [7, 11) is 0. The molecule has 1 aliphatic rings. The van der Waals surface area contributed by atoms with E-state index in [0.717, 1.165) is 19.3 Å². The predicted octanol–water partition coefficient (Wildman–Crippen LogP) is 4.42. The highest BCUT2D eigenvalue weighted by atomic mass is 16.5. The molecule has 1 fully saturated rings. The van der Waals surface area contributed by atoms with Gasteiger partial charge in [0.25, 0.3) is 5.91 Å². The molecule has 3 atom stereocenters. The minimum absolute atomic E-state index is 0.000821. The average Bonchev–Trinajstić information content (AvgIpc) is 2.62. The lowest BCUT2D eigenvalue weighted by molar-refractivity contribution is -0.0635. The molecule has 2 aromatic rings. The molecule has 0 aromatic heterocycles. The van der Waals surface area contributed by atoms with Crippen LogP contribution in [0.1, 0.15) is 53.8 Å². The standard InChI is InChI=1S/C21H25NO2/c1-3-18-13-17(22-21(23)16-10-5-4-6-11-16)14-20(24-18)19-12-8-7-9-15(19)2/h4-12,17-18,20H,3,13-14H2,1-2H3,(H,22,23)/t17-,18+,20+/m1/s1. The van der Waals surface area contributed by atoms with E-state index < -0.39 is 0 Å². The number of aryl methyl sites for hydroxylation is 1. The monoisotopic (exact) mass is 323 g/mol. The Kier molecular flexibility index (Phi) is 5.31. The van der Waals surface area contributed by atoms with Gasteiger partial charge in [0.2, 0.25) is 0 Å². The molecule has 2 aromatic carbocycles. The van der Waals surface area contributed by atoms with Crippen molar-refractivity contribution in [2.45, 2.75) is 51.4 Å². The summed E-state index contributed by atoms with van der Waals surface area (Å²) in [5.41, 5.74) is 3.19. The van der Waals surface area contributed by atoms with Gasteiger partial charge in [-0.1, -0.05) is 49.4 Å². The molecular formula is C21H25NO2. The van der Waals surface area contributed by atoms with Crippen LogP contribution in [-0.2, 0) is 4.74 Å². The first-order valence-corrected chi connectivity index (χ1v) is 8.74. The Morgan fingerprint density at radius 3 is 2.50 bits per heavy atom. The van der Waals surface area contributed by atoms with Crippen molar-refractivity contribution in [2.24, 2.45) is 0 Å². The van der Waals surface area contributed by atoms with Gasteiger partial charge in [-0.3, -0.25) is 4.79 Å². The third-order valence-electron chi connectivity index (χ3n) is 4.76. The minimum Gasteiger partial charge on any atom is -0.370 e. The van der Waals surface area contributed by atoms with E-state index in [1.165, 1.54) is 11.1 Å². The summed E-state index contributed by atoms with van der Waals surface area (Å²) in [4.78, 5) is 12.5. The number of hydrogen-bond donors (Lipinski definition) is 1. The largest absolute Gasteiger partial charge is 0.370 e. The van der Waals surface area contributed by atoms with E-state index in [9.17, 15) is 4.79 Å². The zero-order chi connectivity index (χ0) is 16.9. The molecule has 0 saturated carbocycles. The molecule has 0 radical (unpaired) electrons. The van der Waals surface area contributed by atoms with E-state index in [-0.39, 0.29) is 24.2 Å². The van der Waals surface area contributed by atoms with Gasteiger partial charge in [-0.15, -0.1) is 0 Å². The molecule has 1 aliphatic heterocycles. The van der Waals surface area contributed by atoms with Gasteiger partial charge in [-0.05, 0) is 49.4 Å². The molecular weight excluding hydrogens is 298 g/mol. The second kappa shape index (κ2) is 7.63. The Labute approximate surface area is 144 Å². The maximum absolute atomic E-state index is 12.5. The van der Waals surface area contributed by atoms with E-state index in [4.69, 9.17) is 4.74 Å². The highest BCUT2D eigenvalue weighted by Crippen LogP contribution is 2.34. The van der Waals surface area contributed by atoms with Crippen LogP contribution in [0.25, 0.3) is 0 Å². The van der Waals surface area contributed by atoms with Crippen molar-refractivity contribution in [3.05, 3.63) is 71.3 Å². The van der Waals surface area contributed by atoms with Crippen LogP contribution in [0.15, 0.2) is 54.6 Å². The van der Waals surface area contributed by atoms with Crippen molar-refractivity contribution in [1.82, 2.24) is 5.32 Å². The van der Waals surface area contributed by atoms with E-state index in [2.05, 4.69) is 37.4 Å². The molecule has 1 amide bonds. The molecule has 0 bridgehead atoms. The highest BCUT2D eigenvalue weighted by molar-refractivity contribution is 5.94. The smallest absolute Gasteiger partial charge is 0.251 e. The fourth-order valence-electron chi connectivity index (χ4n) is 3.40. The van der Waals surface area contributed by atoms with Crippen molar-refractivity contribution < 1.29 is 9.53 Å². The van der Waals surface area contributed by atoms with Gasteiger partial charge >= 0.3 is 0 Å². The molecule has 0 spiro atoms. The van der Waals surface area contributed by atoms with Gasteiger partial charge in [0.1, 0.15) is 0 Å². The topological polar surface area (TPSA) is 38.3 Å². The Hall–Kier alpha value is -2.13. The molecule has 1 heterocycles. The van der Waals surface area contributed by atoms with E-state index in [1.807, 2.05) is 36.4 Å². The first-order valence-electron chi connectivity index (χ1n) is 8.74. The third kappa shape index (κ3) is 3.85. The van der Waals surface area contributed by atoms with Crippen LogP contribution in [0.3, 0.4) is 0 Å². The molecule has 0 unspecified atom stereocenters. The number of hydrogen-bond acceptors (Lipinski definition) is 2. The Morgan fingerprint density at radius 2 is 1.79 bits per heavy atom. The van der Waals surface area contributed by atoms with Crippen molar-refractivity contribution in [3.8, 4) is 0 Å². The van der Waals surface area contributed by atoms with Gasteiger partial charge in [0.05, 0.1) is 12.2 Å². The van der Waals surface area contributed by atoms with Gasteiger partial charge in [0.15, 0.2) is 0 Å². The molecule has 3 rings (SSSR count). The first-order chi connectivity index (χ1) is 11.7. The van der Waals surface area contributed by atoms with Crippen molar-refractivity contribution in [3.63, 3.8) is 0 Å². The van der Waals surface area contributed by atoms with Crippen LogP contribution >= 0.6 is 0 Å². The lowest BCUT2D eigenvalue weighted by Crippen LogP contribution is -2.43. The fourth-order valence-corrected chi connectivity index (χ4v) is 3.40. The van der Waals surface area contributed by atoms with Crippen LogP contribution in [0.4, 0.5) is 0 Å². The van der Waals surface area contributed by atoms with Crippen molar-refractivity contribution in [1.29, 1.82) is 0 Å². The summed E-state index contributed by atoms with van der Waals surface area (Å²) in [6.07, 6.45) is 2.88. The number of nitrogens with one attached hydrogen (secondary N) is 1. The SMILES string of the molecule is CC[C@H]1C[C@@H](NC(=O)c2ccccc2)C[C@@H](c2ccccc2C)O1. The summed E-state index contributed by atoms with van der Waals surface area (Å²) in [5, 5.41) is 3.20. The summed E-state index contributed by atoms with van der Waals surface area (Å²) in [5.74, 6) is 0.000821. The van der Waals surface area contributed by atoms with Gasteiger partial charge in [-0.2, -0.15) is 0 Å². The molecule has 3 heteroatoms.